The molecule has 0 saturated heterocycles. The molecule has 0 bridgehead atoms. The van der Waals surface area contributed by atoms with Crippen LogP contribution in [0.5, 0.6) is 6.01 Å². The van der Waals surface area contributed by atoms with Crippen LogP contribution in [0.4, 0.5) is 22.0 Å². The molecule has 0 aliphatic rings. The van der Waals surface area contributed by atoms with Crippen molar-refractivity contribution in [1.29, 1.82) is 0 Å². The first-order valence-electron chi connectivity index (χ1n) is 5.11. The molecule has 7 nitrogen and oxygen atoms in total. The van der Waals surface area contributed by atoms with Crippen LogP contribution in [0.3, 0.4) is 0 Å². The second-order valence-electron chi connectivity index (χ2n) is 3.37. The molecule has 0 atom stereocenters. The molecule has 0 amide bonds. The van der Waals surface area contributed by atoms with Crippen LogP contribution in [0.2, 0.25) is 5.02 Å². The van der Waals surface area contributed by atoms with Crippen molar-refractivity contribution in [1.82, 2.24) is 15.0 Å². The molecule has 1 aromatic heterocycles. The van der Waals surface area contributed by atoms with Crippen molar-refractivity contribution in [3.63, 3.8) is 0 Å². The number of hydrogen-bond acceptors (Lipinski definition) is 7. The number of nitrogens with two attached hydrogens (primary N) is 1. The first kappa shape index (κ1) is 13.2. The van der Waals surface area contributed by atoms with E-state index in [1.165, 1.54) is 19.2 Å². The van der Waals surface area contributed by atoms with Gasteiger partial charge in [0.15, 0.2) is 0 Å². The molecule has 0 saturated carbocycles. The highest BCUT2D eigenvalue weighted by atomic mass is 35.5. The highest BCUT2D eigenvalue weighted by Gasteiger charge is 2.07. The third kappa shape index (κ3) is 3.18. The van der Waals surface area contributed by atoms with Gasteiger partial charge in [0, 0.05) is 5.69 Å². The number of nitrogens with zero attached hydrogens (tertiary/aromatic N) is 3. The van der Waals surface area contributed by atoms with E-state index >= 15 is 0 Å². The van der Waals surface area contributed by atoms with E-state index in [2.05, 4.69) is 25.7 Å². The normalized spacial score (nSPS) is 10.1. The maximum absolute atomic E-state index is 13.3. The van der Waals surface area contributed by atoms with E-state index in [0.717, 1.165) is 0 Å². The molecule has 0 aliphatic heterocycles. The molecule has 0 fully saturated rings. The van der Waals surface area contributed by atoms with E-state index in [0.29, 0.717) is 5.69 Å². The third-order valence-corrected chi connectivity index (χ3v) is 2.41. The lowest BCUT2D eigenvalue weighted by Crippen LogP contribution is -2.13. The van der Waals surface area contributed by atoms with Crippen LogP contribution in [0, 0.1) is 5.82 Å². The van der Waals surface area contributed by atoms with Crippen molar-refractivity contribution >= 4 is 29.2 Å². The molecule has 100 valence electrons. The summed E-state index contributed by atoms with van der Waals surface area (Å²) in [5, 5.41) is 2.82. The minimum atomic E-state index is -0.551. The fourth-order valence-electron chi connectivity index (χ4n) is 1.27. The Hall–Kier alpha value is -2.19. The predicted octanol–water partition coefficient (Wildman–Crippen LogP) is 1.70. The number of hydrazine groups is 1. The Morgan fingerprint density at radius 1 is 1.26 bits per heavy atom. The smallest absolute Gasteiger partial charge is 0.322 e. The molecule has 1 aromatic carbocycles. The van der Waals surface area contributed by atoms with Gasteiger partial charge >= 0.3 is 6.01 Å². The van der Waals surface area contributed by atoms with Crippen molar-refractivity contribution < 1.29 is 9.13 Å². The molecule has 0 radical (unpaired) electrons. The van der Waals surface area contributed by atoms with Gasteiger partial charge in [-0.05, 0) is 18.2 Å². The van der Waals surface area contributed by atoms with Crippen LogP contribution >= 0.6 is 11.6 Å². The van der Waals surface area contributed by atoms with Crippen molar-refractivity contribution in [3.05, 3.63) is 29.0 Å². The number of benzene rings is 1. The maximum atomic E-state index is 13.3. The largest absolute Gasteiger partial charge is 0.467 e. The summed E-state index contributed by atoms with van der Waals surface area (Å²) < 4.78 is 18.2. The van der Waals surface area contributed by atoms with E-state index in [9.17, 15) is 4.39 Å². The van der Waals surface area contributed by atoms with Crippen LogP contribution in [-0.2, 0) is 0 Å². The van der Waals surface area contributed by atoms with E-state index in [1.807, 2.05) is 0 Å². The topological polar surface area (TPSA) is 98.0 Å². The lowest BCUT2D eigenvalue weighted by Gasteiger charge is -2.08. The number of anilines is 3. The summed E-state index contributed by atoms with van der Waals surface area (Å²) in [6.07, 6.45) is 0. The minimum Gasteiger partial charge on any atom is -0.467 e. The summed E-state index contributed by atoms with van der Waals surface area (Å²) in [7, 11) is 1.40. The molecule has 0 aliphatic carbocycles. The van der Waals surface area contributed by atoms with Crippen LogP contribution in [0.1, 0.15) is 0 Å². The van der Waals surface area contributed by atoms with Gasteiger partial charge in [0.2, 0.25) is 11.9 Å². The average Bonchev–Trinajstić information content (AvgIpc) is 2.42. The fraction of sp³-hybridized carbons (Fsp3) is 0.100. The van der Waals surface area contributed by atoms with Gasteiger partial charge in [0.05, 0.1) is 12.1 Å². The number of ether oxygens (including phenoxy) is 1. The molecule has 0 spiro atoms. The molecular formula is C10H10ClFN6O. The SMILES string of the molecule is COc1nc(NN)nc(Nc2ccc(Cl)c(F)c2)n1. The maximum Gasteiger partial charge on any atom is 0.322 e. The number of nitrogens with one attached hydrogen (secondary N) is 2. The van der Waals surface area contributed by atoms with E-state index in [4.69, 9.17) is 22.2 Å². The first-order valence-corrected chi connectivity index (χ1v) is 5.49. The molecule has 2 rings (SSSR count). The fourth-order valence-corrected chi connectivity index (χ4v) is 1.39. The monoisotopic (exact) mass is 284 g/mol. The molecule has 4 N–H and O–H groups in total. The Morgan fingerprint density at radius 2 is 2.00 bits per heavy atom. The standard InChI is InChI=1S/C10H10ClFN6O/c1-19-10-16-8(15-9(17-10)18-13)14-5-2-3-6(11)7(12)4-5/h2-4H,13H2,1H3,(H2,14,15,16,17,18). The van der Waals surface area contributed by atoms with Crippen molar-refractivity contribution in [2.45, 2.75) is 0 Å². The molecule has 1 heterocycles. The zero-order chi connectivity index (χ0) is 13.8. The summed E-state index contributed by atoms with van der Waals surface area (Å²) in [5.41, 5.74) is 2.70. The first-order chi connectivity index (χ1) is 9.12. The van der Waals surface area contributed by atoms with Crippen molar-refractivity contribution in [2.24, 2.45) is 5.84 Å². The van der Waals surface area contributed by atoms with Gasteiger partial charge in [-0.2, -0.15) is 15.0 Å². The number of rotatable bonds is 4. The quantitative estimate of drug-likeness (QED) is 0.580. The van der Waals surface area contributed by atoms with Gasteiger partial charge in [0.1, 0.15) is 5.82 Å². The average molecular weight is 285 g/mol. The minimum absolute atomic E-state index is 0.0306. The number of aromatic nitrogens is 3. The Bertz CT molecular complexity index is 574. The van der Waals surface area contributed by atoms with Gasteiger partial charge in [0.25, 0.3) is 0 Å². The van der Waals surface area contributed by atoms with Crippen LogP contribution in [0.15, 0.2) is 18.2 Å². The summed E-state index contributed by atoms with van der Waals surface area (Å²) in [6.45, 7) is 0. The van der Waals surface area contributed by atoms with Crippen molar-refractivity contribution in [2.75, 3.05) is 17.9 Å². The van der Waals surface area contributed by atoms with E-state index in [-0.39, 0.29) is 22.9 Å². The zero-order valence-corrected chi connectivity index (χ0v) is 10.6. The van der Waals surface area contributed by atoms with Gasteiger partial charge in [-0.1, -0.05) is 11.6 Å². The highest BCUT2D eigenvalue weighted by Crippen LogP contribution is 2.21. The Morgan fingerprint density at radius 3 is 2.63 bits per heavy atom. The zero-order valence-electron chi connectivity index (χ0n) is 9.82. The summed E-state index contributed by atoms with van der Waals surface area (Å²) >= 11 is 5.59. The lowest BCUT2D eigenvalue weighted by molar-refractivity contribution is 0.379. The lowest BCUT2D eigenvalue weighted by atomic mass is 10.3. The second-order valence-corrected chi connectivity index (χ2v) is 3.77. The number of nitrogen functional groups attached to an aromatic ring is 1. The Kier molecular flexibility index (Phi) is 3.93. The molecular weight excluding hydrogens is 275 g/mol. The van der Waals surface area contributed by atoms with Gasteiger partial charge in [-0.25, -0.2) is 10.2 Å². The highest BCUT2D eigenvalue weighted by molar-refractivity contribution is 6.30. The third-order valence-electron chi connectivity index (χ3n) is 2.10. The number of hydrogen-bond donors (Lipinski definition) is 3. The van der Waals surface area contributed by atoms with E-state index in [1.54, 1.807) is 6.07 Å². The number of halogens is 2. The Balaban J connectivity index is 2.29. The van der Waals surface area contributed by atoms with E-state index < -0.39 is 5.82 Å². The van der Waals surface area contributed by atoms with Crippen molar-refractivity contribution in [3.8, 4) is 6.01 Å². The van der Waals surface area contributed by atoms with Crippen LogP contribution in [0.25, 0.3) is 0 Å². The van der Waals surface area contributed by atoms with Gasteiger partial charge in [-0.15, -0.1) is 0 Å². The molecule has 19 heavy (non-hydrogen) atoms. The van der Waals surface area contributed by atoms with Gasteiger partial charge < -0.3 is 10.1 Å². The molecule has 0 unspecified atom stereocenters. The summed E-state index contributed by atoms with van der Waals surface area (Å²) in [4.78, 5) is 11.7. The van der Waals surface area contributed by atoms with Crippen LogP contribution in [-0.4, -0.2) is 22.1 Å². The predicted molar refractivity (Wildman–Crippen MR) is 68.9 cm³/mol. The van der Waals surface area contributed by atoms with Crippen LogP contribution < -0.4 is 21.3 Å². The number of methoxy groups -OCH3 is 1. The second kappa shape index (κ2) is 5.63. The summed E-state index contributed by atoms with van der Waals surface area (Å²) in [6, 6.07) is 4.28. The van der Waals surface area contributed by atoms with Gasteiger partial charge in [-0.3, -0.25) is 5.43 Å². The Labute approximate surface area is 113 Å². The molecule has 9 heteroatoms. The molecule has 2 aromatic rings. The summed E-state index contributed by atoms with van der Waals surface area (Å²) in [5.74, 6) is 4.93.